The number of halogens is 1. The molecule has 1 aromatic heterocycles. The molecule has 3 aromatic rings. The van der Waals surface area contributed by atoms with Crippen molar-refractivity contribution in [2.75, 3.05) is 19.5 Å². The van der Waals surface area contributed by atoms with Gasteiger partial charge in [-0.3, -0.25) is 9.59 Å². The highest BCUT2D eigenvalue weighted by atomic mass is 35.5. The molecule has 0 aliphatic carbocycles. The molecule has 8 nitrogen and oxygen atoms in total. The van der Waals surface area contributed by atoms with Gasteiger partial charge in [0.1, 0.15) is 11.4 Å². The van der Waals surface area contributed by atoms with Crippen LogP contribution >= 0.6 is 11.6 Å². The van der Waals surface area contributed by atoms with Gasteiger partial charge >= 0.3 is 0 Å². The van der Waals surface area contributed by atoms with E-state index in [9.17, 15) is 18.0 Å². The van der Waals surface area contributed by atoms with Crippen molar-refractivity contribution < 1.29 is 22.7 Å². The Labute approximate surface area is 196 Å². The Morgan fingerprint density at radius 1 is 1.03 bits per heavy atom. The number of hydrogen-bond acceptors (Lipinski definition) is 6. The summed E-state index contributed by atoms with van der Waals surface area (Å²) in [4.78, 5) is 25.3. The van der Waals surface area contributed by atoms with Gasteiger partial charge in [-0.2, -0.15) is 0 Å². The molecule has 0 bridgehead atoms. The van der Waals surface area contributed by atoms with E-state index in [0.717, 1.165) is 4.57 Å². The third-order valence-electron chi connectivity index (χ3n) is 4.99. The molecular weight excluding hydrogens is 468 g/mol. The van der Waals surface area contributed by atoms with Gasteiger partial charge in [-0.05, 0) is 55.8 Å². The van der Waals surface area contributed by atoms with Crippen molar-refractivity contribution in [3.05, 3.63) is 75.2 Å². The minimum atomic E-state index is -4.22. The predicted octanol–water partition coefficient (Wildman–Crippen LogP) is 3.61. The average molecular weight is 491 g/mol. The number of aromatic nitrogens is 1. The number of ether oxygens (including phenoxy) is 2. The summed E-state index contributed by atoms with van der Waals surface area (Å²) in [6.45, 7) is 2.80. The van der Waals surface area contributed by atoms with Crippen LogP contribution in [0.1, 0.15) is 11.3 Å². The average Bonchev–Trinajstić information content (AvgIpc) is 2.75. The van der Waals surface area contributed by atoms with Crippen LogP contribution in [0.25, 0.3) is 0 Å². The number of carbonyl (C=O) groups excluding carboxylic acids is 1. The maximum atomic E-state index is 13.4. The number of anilines is 1. The number of methoxy groups -OCH3 is 2. The normalized spacial score (nSPS) is 11.2. The van der Waals surface area contributed by atoms with Gasteiger partial charge in [0.15, 0.2) is 11.5 Å². The molecule has 174 valence electrons. The van der Waals surface area contributed by atoms with E-state index in [4.69, 9.17) is 21.1 Å². The number of pyridine rings is 1. The summed E-state index contributed by atoms with van der Waals surface area (Å²) in [5.41, 5.74) is 0.399. The molecule has 1 heterocycles. The van der Waals surface area contributed by atoms with Crippen LogP contribution in [-0.4, -0.2) is 33.1 Å². The molecule has 0 radical (unpaired) electrons. The molecular formula is C23H23ClN2O6S. The van der Waals surface area contributed by atoms with Gasteiger partial charge < -0.3 is 19.4 Å². The first-order valence-electron chi connectivity index (χ1n) is 9.82. The number of amides is 1. The Balaban J connectivity index is 2.03. The number of carbonyl (C=O) groups is 1. The van der Waals surface area contributed by atoms with Gasteiger partial charge in [-0.15, -0.1) is 0 Å². The third-order valence-corrected chi connectivity index (χ3v) is 7.14. The highest BCUT2D eigenvalue weighted by Crippen LogP contribution is 2.32. The molecule has 0 atom stereocenters. The standard InChI is InChI=1S/C23H23ClN2O6S/c1-14-10-15(2)26(13-21(27)25-17-7-5-6-16(24)11-17)23(28)22(14)33(29,30)18-8-9-19(31-3)20(12-18)32-4/h5-12H,13H2,1-4H3,(H,25,27). The van der Waals surface area contributed by atoms with E-state index in [1.807, 2.05) is 0 Å². The molecule has 0 fully saturated rings. The number of benzene rings is 2. The summed E-state index contributed by atoms with van der Waals surface area (Å²) >= 11 is 5.94. The molecule has 10 heteroatoms. The molecule has 1 N–H and O–H groups in total. The quantitative estimate of drug-likeness (QED) is 0.542. The lowest BCUT2D eigenvalue weighted by molar-refractivity contribution is -0.116. The Morgan fingerprint density at radius 2 is 1.73 bits per heavy atom. The Morgan fingerprint density at radius 3 is 2.36 bits per heavy atom. The monoisotopic (exact) mass is 490 g/mol. The molecule has 0 aliphatic rings. The van der Waals surface area contributed by atoms with Gasteiger partial charge in [0.05, 0.1) is 19.1 Å². The second-order valence-corrected chi connectivity index (χ2v) is 9.59. The lowest BCUT2D eigenvalue weighted by Gasteiger charge is -2.16. The minimum Gasteiger partial charge on any atom is -0.493 e. The van der Waals surface area contributed by atoms with E-state index >= 15 is 0 Å². The smallest absolute Gasteiger partial charge is 0.270 e. The van der Waals surface area contributed by atoms with Crippen LogP contribution in [0.3, 0.4) is 0 Å². The summed E-state index contributed by atoms with van der Waals surface area (Å²) in [6.07, 6.45) is 0. The Hall–Kier alpha value is -3.30. The van der Waals surface area contributed by atoms with Gasteiger partial charge in [0.25, 0.3) is 5.56 Å². The molecule has 0 unspecified atom stereocenters. The number of nitrogens with zero attached hydrogens (tertiary/aromatic N) is 1. The molecule has 1 amide bonds. The van der Waals surface area contributed by atoms with Crippen molar-refractivity contribution in [3.63, 3.8) is 0 Å². The molecule has 0 saturated carbocycles. The summed E-state index contributed by atoms with van der Waals surface area (Å²) in [7, 11) is -1.40. The van der Waals surface area contributed by atoms with Gasteiger partial charge in [0, 0.05) is 22.5 Å². The van der Waals surface area contributed by atoms with Crippen LogP contribution in [0.15, 0.2) is 63.1 Å². The second kappa shape index (κ2) is 9.68. The molecule has 0 aliphatic heterocycles. The highest BCUT2D eigenvalue weighted by Gasteiger charge is 2.27. The van der Waals surface area contributed by atoms with E-state index in [1.165, 1.54) is 32.4 Å². The zero-order valence-corrected chi connectivity index (χ0v) is 20.1. The molecule has 0 spiro atoms. The van der Waals surface area contributed by atoms with Crippen molar-refractivity contribution in [2.45, 2.75) is 30.2 Å². The van der Waals surface area contributed by atoms with E-state index in [0.29, 0.717) is 22.2 Å². The SMILES string of the molecule is COc1ccc(S(=O)(=O)c2c(C)cc(C)n(CC(=O)Nc3cccc(Cl)c3)c2=O)cc1OC. The second-order valence-electron chi connectivity index (χ2n) is 7.27. The van der Waals surface area contributed by atoms with Crippen LogP contribution in [0.5, 0.6) is 11.5 Å². The zero-order valence-electron chi connectivity index (χ0n) is 18.5. The fraction of sp³-hybridized carbons (Fsp3) is 0.217. The van der Waals surface area contributed by atoms with Gasteiger partial charge in [-0.1, -0.05) is 17.7 Å². The summed E-state index contributed by atoms with van der Waals surface area (Å²) in [5.74, 6) is 0.0672. The zero-order chi connectivity index (χ0) is 24.3. The topological polar surface area (TPSA) is 104 Å². The van der Waals surface area contributed by atoms with Gasteiger partial charge in [0.2, 0.25) is 15.7 Å². The molecule has 33 heavy (non-hydrogen) atoms. The highest BCUT2D eigenvalue weighted by molar-refractivity contribution is 7.91. The van der Waals surface area contributed by atoms with Crippen molar-refractivity contribution in [1.82, 2.24) is 4.57 Å². The fourth-order valence-electron chi connectivity index (χ4n) is 3.44. The minimum absolute atomic E-state index is 0.126. The van der Waals surface area contributed by atoms with Crippen LogP contribution < -0.4 is 20.3 Å². The van der Waals surface area contributed by atoms with E-state index in [1.54, 1.807) is 44.2 Å². The molecule has 0 saturated heterocycles. The number of rotatable bonds is 7. The van der Waals surface area contributed by atoms with Crippen LogP contribution in [0.2, 0.25) is 5.02 Å². The summed E-state index contributed by atoms with van der Waals surface area (Å²) in [6, 6.07) is 12.2. The largest absolute Gasteiger partial charge is 0.493 e. The maximum absolute atomic E-state index is 13.4. The summed E-state index contributed by atoms with van der Waals surface area (Å²) < 4.78 is 38.3. The summed E-state index contributed by atoms with van der Waals surface area (Å²) in [5, 5.41) is 3.10. The van der Waals surface area contributed by atoms with Crippen molar-refractivity contribution in [2.24, 2.45) is 0 Å². The Bertz CT molecular complexity index is 1380. The number of hydrogen-bond donors (Lipinski definition) is 1. The number of sulfone groups is 1. The molecule has 2 aromatic carbocycles. The van der Waals surface area contributed by atoms with E-state index < -0.39 is 26.2 Å². The van der Waals surface area contributed by atoms with Crippen molar-refractivity contribution in [3.8, 4) is 11.5 Å². The first-order chi connectivity index (χ1) is 15.6. The first-order valence-corrected chi connectivity index (χ1v) is 11.7. The van der Waals surface area contributed by atoms with Gasteiger partial charge in [-0.25, -0.2) is 8.42 Å². The lowest BCUT2D eigenvalue weighted by Crippen LogP contribution is -2.33. The fourth-order valence-corrected chi connectivity index (χ4v) is 5.20. The van der Waals surface area contributed by atoms with Crippen molar-refractivity contribution in [1.29, 1.82) is 0 Å². The Kier molecular flexibility index (Phi) is 7.14. The third kappa shape index (κ3) is 5.04. The molecule has 3 rings (SSSR count). The van der Waals surface area contributed by atoms with Crippen LogP contribution in [0, 0.1) is 13.8 Å². The van der Waals surface area contributed by atoms with E-state index in [-0.39, 0.29) is 22.8 Å². The number of aryl methyl sites for hydroxylation is 2. The van der Waals surface area contributed by atoms with E-state index in [2.05, 4.69) is 5.32 Å². The lowest BCUT2D eigenvalue weighted by atomic mass is 10.2. The number of nitrogens with one attached hydrogen (secondary N) is 1. The van der Waals surface area contributed by atoms with Crippen LogP contribution in [-0.2, 0) is 21.2 Å². The first kappa shape index (κ1) is 24.3. The maximum Gasteiger partial charge on any atom is 0.270 e. The predicted molar refractivity (Wildman–Crippen MR) is 125 cm³/mol. The van der Waals surface area contributed by atoms with Crippen molar-refractivity contribution >= 4 is 33.0 Å². The van der Waals surface area contributed by atoms with Crippen LogP contribution in [0.4, 0.5) is 5.69 Å².